The smallest absolute Gasteiger partial charge is 0.129 e. The van der Waals surface area contributed by atoms with Crippen LogP contribution in [0.3, 0.4) is 0 Å². The molecule has 0 atom stereocenters. The molecule has 21 heavy (non-hydrogen) atoms. The summed E-state index contributed by atoms with van der Waals surface area (Å²) in [6.07, 6.45) is 0.0683. The van der Waals surface area contributed by atoms with E-state index in [4.69, 9.17) is 34.8 Å². The molecule has 0 amide bonds. The van der Waals surface area contributed by atoms with Crippen molar-refractivity contribution in [3.05, 3.63) is 70.2 Å². The number of hydrogen-bond acceptors (Lipinski definition) is 0. The molecule has 0 fully saturated rings. The van der Waals surface area contributed by atoms with Crippen molar-refractivity contribution < 1.29 is 8.78 Å². The third-order valence-electron chi connectivity index (χ3n) is 3.53. The first-order valence-electron chi connectivity index (χ1n) is 6.33. The van der Waals surface area contributed by atoms with Gasteiger partial charge in [-0.05, 0) is 36.2 Å². The molecule has 0 heterocycles. The zero-order valence-electron chi connectivity index (χ0n) is 11.1. The minimum Gasteiger partial charge on any atom is -0.207 e. The van der Waals surface area contributed by atoms with Gasteiger partial charge in [-0.1, -0.05) is 29.8 Å². The summed E-state index contributed by atoms with van der Waals surface area (Å²) in [5.41, 5.74) is -0.0294. The van der Waals surface area contributed by atoms with E-state index in [1.807, 2.05) is 6.07 Å². The van der Waals surface area contributed by atoms with Gasteiger partial charge in [-0.15, -0.1) is 23.2 Å². The second-order valence-electron chi connectivity index (χ2n) is 4.93. The standard InChI is InChI=1S/C16H13Cl3F2/c17-9-16(10-18,11-3-1-4-12(19)7-11)8-13-14(20)5-2-6-15(13)21/h1-7H,8-10H2. The molecule has 0 aliphatic heterocycles. The van der Waals surface area contributed by atoms with Gasteiger partial charge in [0.1, 0.15) is 11.6 Å². The summed E-state index contributed by atoms with van der Waals surface area (Å²) in [5.74, 6) is -0.942. The maximum atomic E-state index is 13.9. The maximum Gasteiger partial charge on any atom is 0.129 e. The van der Waals surface area contributed by atoms with Gasteiger partial charge in [0.05, 0.1) is 0 Å². The van der Waals surface area contributed by atoms with E-state index in [1.165, 1.54) is 18.2 Å². The lowest BCUT2D eigenvalue weighted by atomic mass is 9.78. The maximum absolute atomic E-state index is 13.9. The summed E-state index contributed by atoms with van der Waals surface area (Å²) in [6.45, 7) is 0. The van der Waals surface area contributed by atoms with Crippen molar-refractivity contribution in [2.24, 2.45) is 0 Å². The number of benzene rings is 2. The number of hydrogen-bond donors (Lipinski definition) is 0. The van der Waals surface area contributed by atoms with Gasteiger partial charge in [-0.3, -0.25) is 0 Å². The summed E-state index contributed by atoms with van der Waals surface area (Å²) in [4.78, 5) is 0. The van der Waals surface area contributed by atoms with Crippen LogP contribution < -0.4 is 0 Å². The molecule has 0 N–H and O–H groups in total. The molecular formula is C16H13Cl3F2. The summed E-state index contributed by atoms with van der Waals surface area (Å²) < 4.78 is 27.8. The predicted molar refractivity (Wildman–Crippen MR) is 84.6 cm³/mol. The SMILES string of the molecule is Fc1cccc(F)c1CC(CCl)(CCl)c1cccc(Cl)c1. The summed E-state index contributed by atoms with van der Waals surface area (Å²) in [7, 11) is 0. The minimum atomic E-state index is -0.781. The Bertz CT molecular complexity index is 604. The van der Waals surface area contributed by atoms with E-state index in [1.54, 1.807) is 18.2 Å². The Morgan fingerprint density at radius 1 is 0.905 bits per heavy atom. The van der Waals surface area contributed by atoms with Crippen LogP contribution >= 0.6 is 34.8 Å². The lowest BCUT2D eigenvalue weighted by molar-refractivity contribution is 0.483. The first-order valence-corrected chi connectivity index (χ1v) is 7.78. The molecule has 5 heteroatoms. The van der Waals surface area contributed by atoms with Crippen molar-refractivity contribution >= 4 is 34.8 Å². The van der Waals surface area contributed by atoms with Crippen LogP contribution in [-0.2, 0) is 11.8 Å². The van der Waals surface area contributed by atoms with Crippen molar-refractivity contribution in [2.75, 3.05) is 11.8 Å². The fourth-order valence-corrected chi connectivity index (χ4v) is 3.22. The van der Waals surface area contributed by atoms with Crippen LogP contribution in [0.5, 0.6) is 0 Å². The lowest BCUT2D eigenvalue weighted by Gasteiger charge is -2.31. The van der Waals surface area contributed by atoms with Crippen LogP contribution in [0.4, 0.5) is 8.78 Å². The molecule has 112 valence electrons. The first-order chi connectivity index (χ1) is 10.0. The van der Waals surface area contributed by atoms with Crippen LogP contribution in [0, 0.1) is 11.6 Å². The summed E-state index contributed by atoms with van der Waals surface area (Å²) >= 11 is 18.2. The first kappa shape index (κ1) is 16.5. The largest absolute Gasteiger partial charge is 0.207 e. The zero-order chi connectivity index (χ0) is 15.5. The summed E-state index contributed by atoms with van der Waals surface area (Å²) in [5, 5.41) is 0.529. The van der Waals surface area contributed by atoms with Crippen molar-refractivity contribution in [1.29, 1.82) is 0 Å². The highest BCUT2D eigenvalue weighted by Crippen LogP contribution is 2.34. The van der Waals surface area contributed by atoms with E-state index in [0.29, 0.717) is 5.02 Å². The van der Waals surface area contributed by atoms with Crippen LogP contribution in [-0.4, -0.2) is 11.8 Å². The second kappa shape index (κ2) is 6.95. The third kappa shape index (κ3) is 3.50. The van der Waals surface area contributed by atoms with Crippen LogP contribution in [0.25, 0.3) is 0 Å². The molecular weight excluding hydrogens is 337 g/mol. The topological polar surface area (TPSA) is 0 Å². The molecule has 2 aromatic carbocycles. The van der Waals surface area contributed by atoms with Crippen LogP contribution in [0.2, 0.25) is 5.02 Å². The van der Waals surface area contributed by atoms with Gasteiger partial charge in [0.2, 0.25) is 0 Å². The average Bonchev–Trinajstić information content (AvgIpc) is 2.48. The Balaban J connectivity index is 2.48. The quantitative estimate of drug-likeness (QED) is 0.618. The minimum absolute atomic E-state index is 0.0150. The Labute approximate surface area is 137 Å². The third-order valence-corrected chi connectivity index (χ3v) is 4.78. The van der Waals surface area contributed by atoms with E-state index in [9.17, 15) is 8.78 Å². The molecule has 0 aromatic heterocycles. The number of halogens is 5. The molecule has 0 saturated heterocycles. The van der Waals surface area contributed by atoms with Gasteiger partial charge in [-0.25, -0.2) is 8.78 Å². The van der Waals surface area contributed by atoms with Crippen molar-refractivity contribution in [3.8, 4) is 0 Å². The van der Waals surface area contributed by atoms with Crippen molar-refractivity contribution in [3.63, 3.8) is 0 Å². The van der Waals surface area contributed by atoms with E-state index in [-0.39, 0.29) is 23.7 Å². The second-order valence-corrected chi connectivity index (χ2v) is 5.91. The van der Waals surface area contributed by atoms with Crippen LogP contribution in [0.1, 0.15) is 11.1 Å². The number of alkyl halides is 2. The summed E-state index contributed by atoms with van der Waals surface area (Å²) in [6, 6.07) is 10.8. The van der Waals surface area contributed by atoms with E-state index in [0.717, 1.165) is 5.56 Å². The Morgan fingerprint density at radius 2 is 1.48 bits per heavy atom. The molecule has 0 unspecified atom stereocenters. The fourth-order valence-electron chi connectivity index (χ4n) is 2.24. The van der Waals surface area contributed by atoms with Crippen molar-refractivity contribution in [1.82, 2.24) is 0 Å². The van der Waals surface area contributed by atoms with E-state index >= 15 is 0 Å². The van der Waals surface area contributed by atoms with Crippen LogP contribution in [0.15, 0.2) is 42.5 Å². The fraction of sp³-hybridized carbons (Fsp3) is 0.250. The van der Waals surface area contributed by atoms with Gasteiger partial charge < -0.3 is 0 Å². The Kier molecular flexibility index (Phi) is 5.48. The van der Waals surface area contributed by atoms with Gasteiger partial charge in [-0.2, -0.15) is 0 Å². The van der Waals surface area contributed by atoms with E-state index in [2.05, 4.69) is 0 Å². The van der Waals surface area contributed by atoms with Gasteiger partial charge in [0, 0.05) is 27.8 Å². The molecule has 2 rings (SSSR count). The van der Waals surface area contributed by atoms with Gasteiger partial charge in [0.15, 0.2) is 0 Å². The molecule has 0 spiro atoms. The molecule has 0 aliphatic carbocycles. The highest BCUT2D eigenvalue weighted by molar-refractivity contribution is 6.30. The molecule has 0 nitrogen and oxygen atoms in total. The Morgan fingerprint density at radius 3 is 2.00 bits per heavy atom. The molecule has 0 radical (unpaired) electrons. The van der Waals surface area contributed by atoms with Gasteiger partial charge >= 0.3 is 0 Å². The lowest BCUT2D eigenvalue weighted by Crippen LogP contribution is -2.34. The van der Waals surface area contributed by atoms with Crippen molar-refractivity contribution in [2.45, 2.75) is 11.8 Å². The normalized spacial score (nSPS) is 11.7. The highest BCUT2D eigenvalue weighted by Gasteiger charge is 2.33. The zero-order valence-corrected chi connectivity index (χ0v) is 13.3. The highest BCUT2D eigenvalue weighted by atomic mass is 35.5. The Hall–Kier alpha value is -0.830. The molecule has 2 aromatic rings. The number of rotatable bonds is 5. The predicted octanol–water partition coefficient (Wildman–Crippen LogP) is 5.58. The average molecular weight is 350 g/mol. The molecule has 0 aliphatic rings. The van der Waals surface area contributed by atoms with Gasteiger partial charge in [0.25, 0.3) is 0 Å². The monoisotopic (exact) mass is 348 g/mol. The van der Waals surface area contributed by atoms with E-state index < -0.39 is 17.0 Å². The molecule has 0 bridgehead atoms. The molecule has 0 saturated carbocycles.